The normalized spacial score (nSPS) is 9.89. The van der Waals surface area contributed by atoms with Crippen molar-refractivity contribution in [1.82, 2.24) is 5.16 Å². The van der Waals surface area contributed by atoms with Gasteiger partial charge in [-0.15, -0.1) is 0 Å². The number of hydrogen-bond donors (Lipinski definition) is 1. The molecule has 9 heavy (non-hydrogen) atoms. The second kappa shape index (κ2) is 2.53. The molecule has 0 bridgehead atoms. The molecule has 2 N–H and O–H groups in total. The maximum atomic E-state index is 5.42. The van der Waals surface area contributed by atoms with Crippen LogP contribution >= 0.6 is 0 Å². The Morgan fingerprint density at radius 3 is 3.00 bits per heavy atom. The molecule has 0 aliphatic heterocycles. The van der Waals surface area contributed by atoms with Gasteiger partial charge in [0.1, 0.15) is 6.26 Å². The maximum Gasteiger partial charge on any atom is 0.169 e. The van der Waals surface area contributed by atoms with Gasteiger partial charge < -0.3 is 10.3 Å². The summed E-state index contributed by atoms with van der Waals surface area (Å²) < 4.78 is 4.62. The average molecular weight is 126 g/mol. The molecule has 0 saturated carbocycles. The van der Waals surface area contributed by atoms with E-state index in [2.05, 4.69) is 16.6 Å². The van der Waals surface area contributed by atoms with E-state index in [0.29, 0.717) is 5.82 Å². The largest absolute Gasteiger partial charge is 0.381 e. The van der Waals surface area contributed by atoms with Crippen LogP contribution < -0.4 is 5.73 Å². The summed E-state index contributed by atoms with van der Waals surface area (Å²) in [7, 11) is 0. The molecule has 1 heterocycles. The van der Waals surface area contributed by atoms with Crippen molar-refractivity contribution in [2.45, 2.75) is 19.8 Å². The molecule has 0 aliphatic rings. The summed E-state index contributed by atoms with van der Waals surface area (Å²) in [6.07, 6.45) is 3.62. The monoisotopic (exact) mass is 126 g/mol. The Balaban J connectivity index is 2.69. The van der Waals surface area contributed by atoms with Crippen molar-refractivity contribution in [3.8, 4) is 0 Å². The van der Waals surface area contributed by atoms with E-state index in [4.69, 9.17) is 5.73 Å². The number of nitrogens with two attached hydrogens (primary N) is 1. The minimum absolute atomic E-state index is 0.525. The highest BCUT2D eigenvalue weighted by Gasteiger charge is 1.99. The van der Waals surface area contributed by atoms with Crippen LogP contribution in [0, 0.1) is 0 Å². The van der Waals surface area contributed by atoms with Crippen LogP contribution in [0.25, 0.3) is 0 Å². The topological polar surface area (TPSA) is 52.0 Å². The van der Waals surface area contributed by atoms with Gasteiger partial charge in [0.25, 0.3) is 0 Å². The van der Waals surface area contributed by atoms with Crippen molar-refractivity contribution in [1.29, 1.82) is 0 Å². The van der Waals surface area contributed by atoms with Gasteiger partial charge in [0.15, 0.2) is 5.82 Å². The van der Waals surface area contributed by atoms with E-state index in [1.54, 1.807) is 6.26 Å². The van der Waals surface area contributed by atoms with Crippen LogP contribution in [0.1, 0.15) is 18.9 Å². The Hall–Kier alpha value is -0.990. The van der Waals surface area contributed by atoms with E-state index in [1.807, 2.05) is 0 Å². The molecule has 0 radical (unpaired) electrons. The van der Waals surface area contributed by atoms with Crippen LogP contribution in [0.5, 0.6) is 0 Å². The van der Waals surface area contributed by atoms with Crippen molar-refractivity contribution in [3.05, 3.63) is 11.8 Å². The first-order valence-corrected chi connectivity index (χ1v) is 3.03. The highest BCUT2D eigenvalue weighted by Crippen LogP contribution is 2.09. The Morgan fingerprint density at radius 1 is 1.78 bits per heavy atom. The molecule has 3 nitrogen and oxygen atoms in total. The van der Waals surface area contributed by atoms with E-state index in [-0.39, 0.29) is 0 Å². The average Bonchev–Trinajstić information content (AvgIpc) is 2.18. The summed E-state index contributed by atoms with van der Waals surface area (Å²) in [5.41, 5.74) is 6.43. The summed E-state index contributed by atoms with van der Waals surface area (Å²) in [4.78, 5) is 0. The molecule has 1 rings (SSSR count). The lowest BCUT2D eigenvalue weighted by Gasteiger charge is -1.88. The van der Waals surface area contributed by atoms with Gasteiger partial charge in [0.2, 0.25) is 0 Å². The van der Waals surface area contributed by atoms with Gasteiger partial charge in [-0.05, 0) is 6.42 Å². The van der Waals surface area contributed by atoms with Gasteiger partial charge in [-0.1, -0.05) is 18.5 Å². The van der Waals surface area contributed by atoms with E-state index < -0.39 is 0 Å². The van der Waals surface area contributed by atoms with Crippen molar-refractivity contribution in [2.24, 2.45) is 0 Å². The summed E-state index contributed by atoms with van der Waals surface area (Å²) in [5.74, 6) is 0.525. The van der Waals surface area contributed by atoms with Gasteiger partial charge in [-0.2, -0.15) is 0 Å². The second-order valence-electron chi connectivity index (χ2n) is 1.98. The number of nitrogens with zero attached hydrogens (tertiary/aromatic N) is 1. The van der Waals surface area contributed by atoms with Crippen LogP contribution in [0.2, 0.25) is 0 Å². The molecule has 1 aromatic heterocycles. The lowest BCUT2D eigenvalue weighted by Crippen LogP contribution is -1.89. The van der Waals surface area contributed by atoms with E-state index in [0.717, 1.165) is 18.4 Å². The first-order valence-electron chi connectivity index (χ1n) is 3.03. The third kappa shape index (κ3) is 1.22. The lowest BCUT2D eigenvalue weighted by atomic mass is 10.2. The van der Waals surface area contributed by atoms with Crippen LogP contribution in [-0.2, 0) is 6.42 Å². The Morgan fingerprint density at radius 2 is 2.56 bits per heavy atom. The molecule has 0 saturated heterocycles. The third-order valence-corrected chi connectivity index (χ3v) is 1.19. The quantitative estimate of drug-likeness (QED) is 0.648. The van der Waals surface area contributed by atoms with Crippen LogP contribution in [0.4, 0.5) is 5.82 Å². The summed E-state index contributed by atoms with van der Waals surface area (Å²) >= 11 is 0. The third-order valence-electron chi connectivity index (χ3n) is 1.19. The summed E-state index contributed by atoms with van der Waals surface area (Å²) in [6.45, 7) is 2.09. The minimum Gasteiger partial charge on any atom is -0.381 e. The van der Waals surface area contributed by atoms with Gasteiger partial charge >= 0.3 is 0 Å². The first-order chi connectivity index (χ1) is 4.34. The van der Waals surface area contributed by atoms with Crippen molar-refractivity contribution >= 4 is 5.82 Å². The highest BCUT2D eigenvalue weighted by molar-refractivity contribution is 5.35. The van der Waals surface area contributed by atoms with Gasteiger partial charge in [-0.3, -0.25) is 0 Å². The fraction of sp³-hybridized carbons (Fsp3) is 0.500. The molecule has 0 aliphatic carbocycles. The summed E-state index contributed by atoms with van der Waals surface area (Å²) in [6, 6.07) is 0. The van der Waals surface area contributed by atoms with Gasteiger partial charge in [0, 0.05) is 5.56 Å². The zero-order valence-corrected chi connectivity index (χ0v) is 5.42. The number of hydrogen-bond acceptors (Lipinski definition) is 3. The molecule has 0 unspecified atom stereocenters. The highest BCUT2D eigenvalue weighted by atomic mass is 16.5. The standard InChI is InChI=1S/C6H10N2O/c1-2-3-5-4-9-8-6(5)7/h4H,2-3H2,1H3,(H2,7,8). The Labute approximate surface area is 53.8 Å². The Kier molecular flexibility index (Phi) is 1.72. The molecule has 0 aromatic carbocycles. The van der Waals surface area contributed by atoms with Crippen molar-refractivity contribution in [3.63, 3.8) is 0 Å². The first kappa shape index (κ1) is 6.13. The summed E-state index contributed by atoms with van der Waals surface area (Å²) in [5, 5.41) is 3.54. The van der Waals surface area contributed by atoms with Crippen LogP contribution in [-0.4, -0.2) is 5.16 Å². The lowest BCUT2D eigenvalue weighted by molar-refractivity contribution is 0.422. The van der Waals surface area contributed by atoms with E-state index in [1.165, 1.54) is 0 Å². The molecule has 0 atom stereocenters. The zero-order valence-electron chi connectivity index (χ0n) is 5.42. The van der Waals surface area contributed by atoms with E-state index in [9.17, 15) is 0 Å². The maximum absolute atomic E-state index is 5.42. The molecular weight excluding hydrogens is 116 g/mol. The van der Waals surface area contributed by atoms with E-state index >= 15 is 0 Å². The predicted octanol–water partition coefficient (Wildman–Crippen LogP) is 1.21. The fourth-order valence-corrected chi connectivity index (χ4v) is 0.722. The number of aromatic nitrogens is 1. The van der Waals surface area contributed by atoms with Crippen molar-refractivity contribution < 1.29 is 4.52 Å². The molecule has 0 fully saturated rings. The van der Waals surface area contributed by atoms with Gasteiger partial charge in [-0.25, -0.2) is 0 Å². The number of anilines is 1. The number of nitrogen functional groups attached to an aromatic ring is 1. The molecule has 50 valence electrons. The SMILES string of the molecule is CCCc1conc1N. The predicted molar refractivity (Wildman–Crippen MR) is 34.9 cm³/mol. The zero-order chi connectivity index (χ0) is 6.69. The van der Waals surface area contributed by atoms with Crippen molar-refractivity contribution in [2.75, 3.05) is 5.73 Å². The Bertz CT molecular complexity index is 183. The number of rotatable bonds is 2. The smallest absolute Gasteiger partial charge is 0.169 e. The fourth-order valence-electron chi connectivity index (χ4n) is 0.722. The minimum atomic E-state index is 0.525. The van der Waals surface area contributed by atoms with Crippen LogP contribution in [0.3, 0.4) is 0 Å². The molecule has 0 spiro atoms. The van der Waals surface area contributed by atoms with Crippen LogP contribution in [0.15, 0.2) is 10.8 Å². The molecular formula is C6H10N2O. The molecule has 0 amide bonds. The number of aryl methyl sites for hydroxylation is 1. The second-order valence-corrected chi connectivity index (χ2v) is 1.98. The molecule has 3 heteroatoms. The molecule has 1 aromatic rings. The van der Waals surface area contributed by atoms with Gasteiger partial charge in [0.05, 0.1) is 0 Å².